The van der Waals surface area contributed by atoms with E-state index in [-0.39, 0.29) is 6.04 Å². The first kappa shape index (κ1) is 14.2. The molecule has 0 aliphatic heterocycles. The van der Waals surface area contributed by atoms with E-state index in [1.54, 1.807) is 23.7 Å². The third-order valence-electron chi connectivity index (χ3n) is 3.64. The van der Waals surface area contributed by atoms with Gasteiger partial charge in [-0.3, -0.25) is 9.97 Å². The summed E-state index contributed by atoms with van der Waals surface area (Å²) in [6.45, 7) is 5.37. The fraction of sp³-hybridized carbons (Fsp3) is 0.294. The van der Waals surface area contributed by atoms with Crippen molar-refractivity contribution in [1.82, 2.24) is 15.3 Å². The Balaban J connectivity index is 2.03. The van der Waals surface area contributed by atoms with Crippen LogP contribution in [-0.4, -0.2) is 16.5 Å². The predicted octanol–water partition coefficient (Wildman–Crippen LogP) is 4.09. The molecule has 1 aromatic carbocycles. The summed E-state index contributed by atoms with van der Waals surface area (Å²) >= 11 is 1.80. The van der Waals surface area contributed by atoms with Crippen LogP contribution in [0.25, 0.3) is 11.0 Å². The number of nitrogens with zero attached hydrogens (tertiary/aromatic N) is 2. The molecule has 4 heteroatoms. The Morgan fingerprint density at radius 3 is 2.67 bits per heavy atom. The minimum atomic E-state index is 0.225. The number of nitrogens with one attached hydrogen (secondary N) is 1. The molecule has 2 aromatic heterocycles. The molecule has 21 heavy (non-hydrogen) atoms. The molecular formula is C17H19N3S. The Morgan fingerprint density at radius 2 is 1.95 bits per heavy atom. The van der Waals surface area contributed by atoms with Crippen molar-refractivity contribution < 1.29 is 0 Å². The lowest BCUT2D eigenvalue weighted by Crippen LogP contribution is -2.23. The van der Waals surface area contributed by atoms with Crippen molar-refractivity contribution in [3.8, 4) is 0 Å². The number of rotatable bonds is 5. The minimum absolute atomic E-state index is 0.225. The number of aryl methyl sites for hydroxylation is 1. The van der Waals surface area contributed by atoms with Crippen molar-refractivity contribution in [2.75, 3.05) is 6.54 Å². The first-order valence-electron chi connectivity index (χ1n) is 7.27. The third-order valence-corrected chi connectivity index (χ3v) is 4.50. The van der Waals surface area contributed by atoms with Crippen molar-refractivity contribution >= 4 is 22.4 Å². The summed E-state index contributed by atoms with van der Waals surface area (Å²) in [6, 6.07) is 8.80. The van der Waals surface area contributed by atoms with Crippen molar-refractivity contribution in [3.05, 3.63) is 58.0 Å². The summed E-state index contributed by atoms with van der Waals surface area (Å²) in [5, 5.41) is 5.81. The Bertz CT molecular complexity index is 735. The molecule has 0 aliphatic carbocycles. The van der Waals surface area contributed by atoms with E-state index in [4.69, 9.17) is 0 Å². The van der Waals surface area contributed by atoms with Crippen molar-refractivity contribution in [2.24, 2.45) is 0 Å². The van der Waals surface area contributed by atoms with Crippen LogP contribution in [0.5, 0.6) is 0 Å². The lowest BCUT2D eigenvalue weighted by Gasteiger charge is -2.19. The average Bonchev–Trinajstić information content (AvgIpc) is 2.94. The van der Waals surface area contributed by atoms with Gasteiger partial charge in [-0.1, -0.05) is 13.0 Å². The lowest BCUT2D eigenvalue weighted by molar-refractivity contribution is 0.598. The summed E-state index contributed by atoms with van der Waals surface area (Å²) in [7, 11) is 0. The van der Waals surface area contributed by atoms with Gasteiger partial charge < -0.3 is 5.32 Å². The molecule has 1 unspecified atom stereocenters. The Labute approximate surface area is 129 Å². The van der Waals surface area contributed by atoms with Gasteiger partial charge in [-0.2, -0.15) is 0 Å². The van der Waals surface area contributed by atoms with Crippen LogP contribution in [0.15, 0.2) is 42.0 Å². The molecule has 3 nitrogen and oxygen atoms in total. The van der Waals surface area contributed by atoms with Crippen LogP contribution in [0.4, 0.5) is 0 Å². The first-order valence-corrected chi connectivity index (χ1v) is 8.15. The van der Waals surface area contributed by atoms with Gasteiger partial charge in [-0.15, -0.1) is 11.3 Å². The van der Waals surface area contributed by atoms with Gasteiger partial charge in [0.2, 0.25) is 0 Å². The van der Waals surface area contributed by atoms with Crippen LogP contribution < -0.4 is 5.32 Å². The minimum Gasteiger partial charge on any atom is -0.306 e. The Kier molecular flexibility index (Phi) is 4.27. The number of fused-ring (bicyclic) bond motifs is 1. The van der Waals surface area contributed by atoms with Crippen LogP contribution in [0.1, 0.15) is 35.4 Å². The molecule has 0 aliphatic rings. The van der Waals surface area contributed by atoms with Gasteiger partial charge >= 0.3 is 0 Å². The van der Waals surface area contributed by atoms with E-state index in [1.165, 1.54) is 16.0 Å². The number of hydrogen-bond acceptors (Lipinski definition) is 4. The van der Waals surface area contributed by atoms with Crippen LogP contribution >= 0.6 is 11.3 Å². The molecular weight excluding hydrogens is 278 g/mol. The number of aromatic nitrogens is 2. The normalized spacial score (nSPS) is 12.7. The quantitative estimate of drug-likeness (QED) is 0.771. The van der Waals surface area contributed by atoms with Gasteiger partial charge in [-0.05, 0) is 54.6 Å². The summed E-state index contributed by atoms with van der Waals surface area (Å²) < 4.78 is 0. The molecule has 2 heterocycles. The molecule has 0 radical (unpaired) electrons. The maximum Gasteiger partial charge on any atom is 0.0890 e. The Hall–Kier alpha value is -1.78. The zero-order valence-electron chi connectivity index (χ0n) is 12.3. The number of benzene rings is 1. The molecule has 0 fully saturated rings. The van der Waals surface area contributed by atoms with E-state index in [9.17, 15) is 0 Å². The highest BCUT2D eigenvalue weighted by Gasteiger charge is 2.16. The van der Waals surface area contributed by atoms with Crippen LogP contribution in [0.3, 0.4) is 0 Å². The van der Waals surface area contributed by atoms with Gasteiger partial charge in [0.15, 0.2) is 0 Å². The molecule has 0 amide bonds. The largest absolute Gasteiger partial charge is 0.306 e. The van der Waals surface area contributed by atoms with Gasteiger partial charge in [0, 0.05) is 17.3 Å². The molecule has 1 N–H and O–H groups in total. The van der Waals surface area contributed by atoms with Gasteiger partial charge in [0.1, 0.15) is 0 Å². The van der Waals surface area contributed by atoms with Gasteiger partial charge in [0.05, 0.1) is 17.1 Å². The van der Waals surface area contributed by atoms with E-state index in [2.05, 4.69) is 58.8 Å². The fourth-order valence-corrected chi connectivity index (χ4v) is 3.29. The van der Waals surface area contributed by atoms with Gasteiger partial charge in [-0.25, -0.2) is 0 Å². The van der Waals surface area contributed by atoms with E-state index in [0.717, 1.165) is 24.0 Å². The summed E-state index contributed by atoms with van der Waals surface area (Å²) in [5.41, 5.74) is 4.50. The molecule has 1 atom stereocenters. The van der Waals surface area contributed by atoms with E-state index in [1.807, 2.05) is 0 Å². The van der Waals surface area contributed by atoms with Crippen molar-refractivity contribution in [3.63, 3.8) is 0 Å². The van der Waals surface area contributed by atoms with Crippen molar-refractivity contribution in [2.45, 2.75) is 26.3 Å². The zero-order valence-corrected chi connectivity index (χ0v) is 13.2. The predicted molar refractivity (Wildman–Crippen MR) is 88.7 cm³/mol. The number of hydrogen-bond donors (Lipinski definition) is 1. The molecule has 3 aromatic rings. The second-order valence-corrected chi connectivity index (χ2v) is 6.24. The first-order chi connectivity index (χ1) is 10.3. The molecule has 0 bridgehead atoms. The molecule has 0 saturated carbocycles. The highest BCUT2D eigenvalue weighted by molar-refractivity contribution is 7.10. The highest BCUT2D eigenvalue weighted by Crippen LogP contribution is 2.29. The van der Waals surface area contributed by atoms with E-state index < -0.39 is 0 Å². The summed E-state index contributed by atoms with van der Waals surface area (Å²) in [4.78, 5) is 10.1. The molecule has 108 valence electrons. The fourth-order valence-electron chi connectivity index (χ4n) is 2.55. The topological polar surface area (TPSA) is 37.8 Å². The standard InChI is InChI=1S/C17H19N3S/c1-3-7-20-17(14-6-10-21-12(14)2)13-4-5-15-16(11-13)19-9-8-18-15/h4-6,8-11,17,20H,3,7H2,1-2H3. The monoisotopic (exact) mass is 297 g/mol. The Morgan fingerprint density at radius 1 is 1.14 bits per heavy atom. The highest BCUT2D eigenvalue weighted by atomic mass is 32.1. The van der Waals surface area contributed by atoms with E-state index >= 15 is 0 Å². The summed E-state index contributed by atoms with van der Waals surface area (Å²) in [5.74, 6) is 0. The van der Waals surface area contributed by atoms with Gasteiger partial charge in [0.25, 0.3) is 0 Å². The number of thiophene rings is 1. The second-order valence-electron chi connectivity index (χ2n) is 5.12. The smallest absolute Gasteiger partial charge is 0.0890 e. The maximum atomic E-state index is 4.42. The zero-order chi connectivity index (χ0) is 14.7. The second kappa shape index (κ2) is 6.33. The average molecular weight is 297 g/mol. The molecule has 3 rings (SSSR count). The van der Waals surface area contributed by atoms with Crippen LogP contribution in [0, 0.1) is 6.92 Å². The van der Waals surface area contributed by atoms with E-state index in [0.29, 0.717) is 0 Å². The lowest BCUT2D eigenvalue weighted by atomic mass is 9.98. The third kappa shape index (κ3) is 2.96. The SMILES string of the molecule is CCCNC(c1ccc2nccnc2c1)c1ccsc1C. The van der Waals surface area contributed by atoms with Crippen LogP contribution in [-0.2, 0) is 0 Å². The van der Waals surface area contributed by atoms with Crippen LogP contribution in [0.2, 0.25) is 0 Å². The van der Waals surface area contributed by atoms with Crippen molar-refractivity contribution in [1.29, 1.82) is 0 Å². The maximum absolute atomic E-state index is 4.42. The summed E-state index contributed by atoms with van der Waals surface area (Å²) in [6.07, 6.45) is 4.60. The molecule has 0 saturated heterocycles. The molecule has 0 spiro atoms.